The maximum atomic E-state index is 12.0. The molecule has 0 atom stereocenters. The Bertz CT molecular complexity index is 812. The molecule has 0 aliphatic heterocycles. The molecule has 0 spiro atoms. The van der Waals surface area contributed by atoms with Crippen molar-refractivity contribution in [3.05, 3.63) is 62.0 Å². The lowest BCUT2D eigenvalue weighted by Gasteiger charge is -2.04. The van der Waals surface area contributed by atoms with Crippen LogP contribution in [0.5, 0.6) is 0 Å². The molecule has 8 nitrogen and oxygen atoms in total. The summed E-state index contributed by atoms with van der Waals surface area (Å²) in [6.07, 6.45) is 0. The van der Waals surface area contributed by atoms with Crippen LogP contribution in [0.25, 0.3) is 0 Å². The summed E-state index contributed by atoms with van der Waals surface area (Å²) in [6.45, 7) is 1.34. The fourth-order valence-corrected chi connectivity index (χ4v) is 2.18. The lowest BCUT2D eigenvalue weighted by atomic mass is 10.2. The second kappa shape index (κ2) is 7.14. The van der Waals surface area contributed by atoms with E-state index in [1.165, 1.54) is 19.2 Å². The lowest BCUT2D eigenvalue weighted by Crippen LogP contribution is -2.06. The number of halogens is 1. The van der Waals surface area contributed by atoms with E-state index in [-0.39, 0.29) is 34.2 Å². The van der Waals surface area contributed by atoms with Crippen molar-refractivity contribution < 1.29 is 28.4 Å². The number of carbonyl (C=O) groups excluding carboxylic acids is 2. The Morgan fingerprint density at radius 1 is 1.25 bits per heavy atom. The smallest absolute Gasteiger partial charge is 0.341 e. The number of rotatable bonds is 5. The normalized spacial score (nSPS) is 10.3. The zero-order chi connectivity index (χ0) is 17.9. The van der Waals surface area contributed by atoms with Crippen LogP contribution >= 0.6 is 11.6 Å². The molecule has 0 N–H and O–H groups in total. The summed E-state index contributed by atoms with van der Waals surface area (Å²) < 4.78 is 14.9. The van der Waals surface area contributed by atoms with Crippen molar-refractivity contribution in [1.82, 2.24) is 0 Å². The quantitative estimate of drug-likeness (QED) is 0.460. The molecule has 2 rings (SSSR count). The van der Waals surface area contributed by atoms with Gasteiger partial charge >= 0.3 is 11.9 Å². The topological polar surface area (TPSA) is 109 Å². The van der Waals surface area contributed by atoms with Crippen LogP contribution < -0.4 is 0 Å². The van der Waals surface area contributed by atoms with E-state index in [0.717, 1.165) is 12.1 Å². The van der Waals surface area contributed by atoms with Crippen LogP contribution in [0.1, 0.15) is 32.2 Å². The molecule has 9 heteroatoms. The van der Waals surface area contributed by atoms with Gasteiger partial charge in [-0.15, -0.1) is 0 Å². The summed E-state index contributed by atoms with van der Waals surface area (Å²) >= 11 is 5.85. The number of benzene rings is 1. The van der Waals surface area contributed by atoms with Gasteiger partial charge in [-0.3, -0.25) is 10.1 Å². The summed E-state index contributed by atoms with van der Waals surface area (Å²) in [6, 6.07) is 4.82. The van der Waals surface area contributed by atoms with Crippen LogP contribution in [-0.4, -0.2) is 24.0 Å². The van der Waals surface area contributed by atoms with Gasteiger partial charge in [-0.05, 0) is 19.1 Å². The fourth-order valence-electron chi connectivity index (χ4n) is 1.92. The predicted molar refractivity (Wildman–Crippen MR) is 82.0 cm³/mol. The number of aryl methyl sites for hydroxylation is 1. The first kappa shape index (κ1) is 17.5. The van der Waals surface area contributed by atoms with Crippen LogP contribution in [0.2, 0.25) is 5.02 Å². The highest BCUT2D eigenvalue weighted by molar-refractivity contribution is 6.33. The molecule has 0 amide bonds. The molecule has 0 aliphatic carbocycles. The predicted octanol–water partition coefficient (Wildman–Crippen LogP) is 3.29. The number of methoxy groups -OCH3 is 1. The molecule has 126 valence electrons. The van der Waals surface area contributed by atoms with Crippen molar-refractivity contribution in [2.24, 2.45) is 0 Å². The van der Waals surface area contributed by atoms with E-state index in [1.54, 1.807) is 6.92 Å². The van der Waals surface area contributed by atoms with E-state index < -0.39 is 16.9 Å². The Balaban J connectivity index is 2.08. The van der Waals surface area contributed by atoms with E-state index in [0.29, 0.717) is 5.76 Å². The van der Waals surface area contributed by atoms with Crippen molar-refractivity contribution in [1.29, 1.82) is 0 Å². The molecule has 0 saturated carbocycles. The number of nitrogens with zero attached hydrogens (tertiary/aromatic N) is 1. The van der Waals surface area contributed by atoms with Crippen LogP contribution in [0.3, 0.4) is 0 Å². The third-order valence-electron chi connectivity index (χ3n) is 3.10. The summed E-state index contributed by atoms with van der Waals surface area (Å²) in [5, 5.41) is 10.5. The van der Waals surface area contributed by atoms with E-state index in [9.17, 15) is 19.7 Å². The summed E-state index contributed by atoms with van der Waals surface area (Å²) in [7, 11) is 1.24. The lowest BCUT2D eigenvalue weighted by molar-refractivity contribution is -0.384. The molecule has 0 bridgehead atoms. The Kier molecular flexibility index (Phi) is 5.20. The van der Waals surface area contributed by atoms with Gasteiger partial charge in [-0.2, -0.15) is 0 Å². The van der Waals surface area contributed by atoms with Crippen LogP contribution in [0.15, 0.2) is 28.7 Å². The van der Waals surface area contributed by atoms with E-state index >= 15 is 0 Å². The van der Waals surface area contributed by atoms with Gasteiger partial charge in [0.05, 0.1) is 22.6 Å². The fraction of sp³-hybridized carbons (Fsp3) is 0.200. The molecule has 2 aromatic rings. The second-order valence-corrected chi connectivity index (χ2v) is 5.08. The van der Waals surface area contributed by atoms with Crippen molar-refractivity contribution in [2.45, 2.75) is 13.5 Å². The molecule has 0 aliphatic rings. The van der Waals surface area contributed by atoms with Crippen LogP contribution in [-0.2, 0) is 16.1 Å². The summed E-state index contributed by atoms with van der Waals surface area (Å²) in [4.78, 5) is 33.5. The molecule has 1 aromatic carbocycles. The maximum Gasteiger partial charge on any atom is 0.341 e. The number of ether oxygens (including phenoxy) is 2. The number of nitro benzene ring substituents is 1. The third kappa shape index (κ3) is 3.72. The Hall–Kier alpha value is -2.87. The molecule has 0 fully saturated rings. The van der Waals surface area contributed by atoms with Crippen molar-refractivity contribution in [3.8, 4) is 0 Å². The minimum Gasteiger partial charge on any atom is -0.465 e. The highest BCUT2D eigenvalue weighted by Crippen LogP contribution is 2.24. The molecular weight excluding hydrogens is 342 g/mol. The summed E-state index contributed by atoms with van der Waals surface area (Å²) in [5.41, 5.74) is -0.0171. The van der Waals surface area contributed by atoms with Gasteiger partial charge in [0, 0.05) is 12.1 Å². The number of hydrogen-bond donors (Lipinski definition) is 0. The largest absolute Gasteiger partial charge is 0.465 e. The first-order valence-electron chi connectivity index (χ1n) is 6.62. The highest BCUT2D eigenvalue weighted by atomic mass is 35.5. The molecule has 1 aromatic heterocycles. The average Bonchev–Trinajstić information content (AvgIpc) is 2.92. The Labute approximate surface area is 141 Å². The van der Waals surface area contributed by atoms with Crippen molar-refractivity contribution >= 4 is 29.2 Å². The number of hydrogen-bond acceptors (Lipinski definition) is 7. The number of furan rings is 1. The van der Waals surface area contributed by atoms with Crippen LogP contribution in [0, 0.1) is 17.0 Å². The van der Waals surface area contributed by atoms with Crippen LogP contribution in [0.4, 0.5) is 5.69 Å². The number of non-ortho nitro benzene ring substituents is 1. The van der Waals surface area contributed by atoms with Gasteiger partial charge in [0.2, 0.25) is 0 Å². The zero-order valence-electron chi connectivity index (χ0n) is 12.7. The van der Waals surface area contributed by atoms with Crippen molar-refractivity contribution in [2.75, 3.05) is 7.11 Å². The number of esters is 2. The van der Waals surface area contributed by atoms with Crippen molar-refractivity contribution in [3.63, 3.8) is 0 Å². The van der Waals surface area contributed by atoms with Gasteiger partial charge in [0.1, 0.15) is 23.7 Å². The zero-order valence-corrected chi connectivity index (χ0v) is 13.5. The summed E-state index contributed by atoms with van der Waals surface area (Å²) in [5.74, 6) is -0.753. The first-order chi connectivity index (χ1) is 11.3. The van der Waals surface area contributed by atoms with Gasteiger partial charge in [0.25, 0.3) is 5.69 Å². The van der Waals surface area contributed by atoms with Gasteiger partial charge in [-0.25, -0.2) is 9.59 Å². The van der Waals surface area contributed by atoms with Gasteiger partial charge in [0.15, 0.2) is 0 Å². The number of carbonyl (C=O) groups is 2. The molecule has 24 heavy (non-hydrogen) atoms. The minimum atomic E-state index is -0.774. The van der Waals surface area contributed by atoms with Gasteiger partial charge in [-0.1, -0.05) is 11.6 Å². The SMILES string of the molecule is COC(=O)c1cc(COC(=O)c2ccc([N+](=O)[O-])cc2Cl)oc1C. The molecule has 1 heterocycles. The van der Waals surface area contributed by atoms with E-state index in [2.05, 4.69) is 4.74 Å². The first-order valence-corrected chi connectivity index (χ1v) is 7.00. The molecular formula is C15H12ClNO7. The highest BCUT2D eigenvalue weighted by Gasteiger charge is 2.19. The minimum absolute atomic E-state index is 0.0151. The molecule has 0 radical (unpaired) electrons. The van der Waals surface area contributed by atoms with E-state index in [1.807, 2.05) is 0 Å². The Morgan fingerprint density at radius 2 is 1.96 bits per heavy atom. The third-order valence-corrected chi connectivity index (χ3v) is 3.42. The molecule has 0 unspecified atom stereocenters. The maximum absolute atomic E-state index is 12.0. The second-order valence-electron chi connectivity index (χ2n) is 4.67. The average molecular weight is 354 g/mol. The van der Waals surface area contributed by atoms with E-state index in [4.69, 9.17) is 20.8 Å². The Morgan fingerprint density at radius 3 is 2.54 bits per heavy atom. The molecule has 0 saturated heterocycles. The monoisotopic (exact) mass is 353 g/mol. The van der Waals surface area contributed by atoms with Gasteiger partial charge < -0.3 is 13.9 Å². The number of nitro groups is 1. The standard InChI is InChI=1S/C15H12ClNO7/c1-8-12(14(18)22-2)6-10(24-8)7-23-15(19)11-4-3-9(17(20)21)5-13(11)16/h3-6H,7H2,1-2H3.